The second kappa shape index (κ2) is 5.39. The van der Waals surface area contributed by atoms with Gasteiger partial charge in [0, 0.05) is 6.04 Å². The Morgan fingerprint density at radius 1 is 1.38 bits per heavy atom. The summed E-state index contributed by atoms with van der Waals surface area (Å²) < 4.78 is 5.18. The molecule has 1 heterocycles. The predicted octanol–water partition coefficient (Wildman–Crippen LogP) is -1.07. The summed E-state index contributed by atoms with van der Waals surface area (Å²) in [5.74, 6) is 0. The molecule has 4 N–H and O–H groups in total. The van der Waals surface area contributed by atoms with Crippen molar-refractivity contribution in [3.8, 4) is 6.01 Å². The average Bonchev–Trinajstić information content (AvgIpc) is 2.17. The number of ether oxygens (including phenoxy) is 1. The van der Waals surface area contributed by atoms with E-state index in [0.717, 1.165) is 6.42 Å². The van der Waals surface area contributed by atoms with E-state index in [-0.39, 0.29) is 6.04 Å². The molecule has 0 radical (unpaired) electrons. The fraction of sp³-hybridized carbons (Fsp3) is 0.571. The molecule has 0 spiro atoms. The molecule has 72 valence electrons. The van der Waals surface area contributed by atoms with Crippen LogP contribution in [0.2, 0.25) is 0 Å². The van der Waals surface area contributed by atoms with Gasteiger partial charge in [-0.2, -0.15) is 9.97 Å². The number of nitrogens with zero attached hydrogens (tertiary/aromatic N) is 3. The van der Waals surface area contributed by atoms with Gasteiger partial charge in [0.25, 0.3) is 0 Å². The summed E-state index contributed by atoms with van der Waals surface area (Å²) in [6, 6.07) is 0.226. The summed E-state index contributed by atoms with van der Waals surface area (Å²) in [4.78, 5) is 11.2. The minimum atomic E-state index is -0.0678. The third kappa shape index (κ3) is 3.77. The zero-order chi connectivity index (χ0) is 9.52. The molecule has 1 atom stereocenters. The molecule has 0 saturated heterocycles. The first kappa shape index (κ1) is 9.82. The standard InChI is InChI=1S/C7H13N5O/c8-2-1-6(9)3-13-7-11-4-10-5-12-7/h4-6H,1-3,8-9H2. The molecule has 0 aliphatic rings. The van der Waals surface area contributed by atoms with Gasteiger partial charge in [0.2, 0.25) is 0 Å². The lowest BCUT2D eigenvalue weighted by atomic mass is 10.2. The molecule has 0 fully saturated rings. The molecule has 0 aromatic carbocycles. The fourth-order valence-corrected chi connectivity index (χ4v) is 0.782. The highest BCUT2D eigenvalue weighted by Crippen LogP contribution is 1.97. The van der Waals surface area contributed by atoms with Gasteiger partial charge >= 0.3 is 6.01 Å². The van der Waals surface area contributed by atoms with E-state index in [4.69, 9.17) is 16.2 Å². The third-order valence-corrected chi connectivity index (χ3v) is 1.43. The van der Waals surface area contributed by atoms with Crippen molar-refractivity contribution in [2.45, 2.75) is 12.5 Å². The van der Waals surface area contributed by atoms with E-state index in [9.17, 15) is 0 Å². The number of rotatable bonds is 5. The second-order valence-electron chi connectivity index (χ2n) is 2.57. The molecule has 0 amide bonds. The van der Waals surface area contributed by atoms with Crippen LogP contribution in [-0.4, -0.2) is 34.1 Å². The van der Waals surface area contributed by atoms with Crippen LogP contribution in [0.5, 0.6) is 6.01 Å². The maximum absolute atomic E-state index is 5.66. The van der Waals surface area contributed by atoms with E-state index in [0.29, 0.717) is 19.2 Å². The van der Waals surface area contributed by atoms with Crippen molar-refractivity contribution in [3.63, 3.8) is 0 Å². The Labute approximate surface area is 76.3 Å². The maximum Gasteiger partial charge on any atom is 0.319 e. The lowest BCUT2D eigenvalue weighted by Gasteiger charge is -2.09. The van der Waals surface area contributed by atoms with Crippen molar-refractivity contribution in [2.24, 2.45) is 11.5 Å². The number of aromatic nitrogens is 3. The first-order chi connectivity index (χ1) is 6.33. The molecule has 13 heavy (non-hydrogen) atoms. The average molecular weight is 183 g/mol. The van der Waals surface area contributed by atoms with Gasteiger partial charge in [0.1, 0.15) is 19.3 Å². The molecule has 1 aromatic heterocycles. The van der Waals surface area contributed by atoms with E-state index < -0.39 is 0 Å². The molecule has 1 rings (SSSR count). The molecule has 1 aromatic rings. The first-order valence-electron chi connectivity index (χ1n) is 4.03. The van der Waals surface area contributed by atoms with Gasteiger partial charge in [0.15, 0.2) is 0 Å². The molecule has 0 aliphatic carbocycles. The Balaban J connectivity index is 2.27. The molecular formula is C7H13N5O. The molecule has 6 nitrogen and oxygen atoms in total. The Morgan fingerprint density at radius 2 is 2.08 bits per heavy atom. The minimum absolute atomic E-state index is 0.0678. The van der Waals surface area contributed by atoms with E-state index in [2.05, 4.69) is 15.0 Å². The van der Waals surface area contributed by atoms with Crippen LogP contribution in [0.15, 0.2) is 12.7 Å². The zero-order valence-corrected chi connectivity index (χ0v) is 7.26. The Kier molecular flexibility index (Phi) is 4.07. The smallest absolute Gasteiger partial charge is 0.319 e. The van der Waals surface area contributed by atoms with Gasteiger partial charge < -0.3 is 16.2 Å². The molecule has 0 bridgehead atoms. The summed E-state index contributed by atoms with van der Waals surface area (Å²) in [6.07, 6.45) is 3.47. The molecule has 1 unspecified atom stereocenters. The summed E-state index contributed by atoms with van der Waals surface area (Å²) in [7, 11) is 0. The second-order valence-corrected chi connectivity index (χ2v) is 2.57. The largest absolute Gasteiger partial charge is 0.462 e. The van der Waals surface area contributed by atoms with Crippen molar-refractivity contribution in [1.82, 2.24) is 15.0 Å². The lowest BCUT2D eigenvalue weighted by molar-refractivity contribution is 0.261. The highest BCUT2D eigenvalue weighted by atomic mass is 16.5. The normalized spacial score (nSPS) is 12.5. The zero-order valence-electron chi connectivity index (χ0n) is 7.26. The maximum atomic E-state index is 5.66. The molecule has 0 saturated carbocycles. The van der Waals surface area contributed by atoms with Crippen molar-refractivity contribution in [1.29, 1.82) is 0 Å². The van der Waals surface area contributed by atoms with Crippen LogP contribution in [0.1, 0.15) is 6.42 Å². The van der Waals surface area contributed by atoms with Crippen LogP contribution in [0.4, 0.5) is 0 Å². The summed E-state index contributed by atoms with van der Waals surface area (Å²) in [6.45, 7) is 0.933. The number of hydrogen-bond acceptors (Lipinski definition) is 6. The van der Waals surface area contributed by atoms with Crippen molar-refractivity contribution in [2.75, 3.05) is 13.2 Å². The molecule has 0 aliphatic heterocycles. The number of nitrogens with two attached hydrogens (primary N) is 2. The predicted molar refractivity (Wildman–Crippen MR) is 47.0 cm³/mol. The van der Waals surface area contributed by atoms with Gasteiger partial charge in [-0.1, -0.05) is 0 Å². The van der Waals surface area contributed by atoms with Crippen molar-refractivity contribution >= 4 is 0 Å². The van der Waals surface area contributed by atoms with E-state index in [1.54, 1.807) is 0 Å². The van der Waals surface area contributed by atoms with Gasteiger partial charge in [-0.05, 0) is 13.0 Å². The van der Waals surface area contributed by atoms with Crippen LogP contribution in [0.25, 0.3) is 0 Å². The molecular weight excluding hydrogens is 170 g/mol. The summed E-state index contributed by atoms with van der Waals surface area (Å²) >= 11 is 0. The van der Waals surface area contributed by atoms with Crippen molar-refractivity contribution in [3.05, 3.63) is 12.7 Å². The van der Waals surface area contributed by atoms with Crippen LogP contribution in [0, 0.1) is 0 Å². The highest BCUT2D eigenvalue weighted by molar-refractivity contribution is 4.87. The van der Waals surface area contributed by atoms with E-state index >= 15 is 0 Å². The van der Waals surface area contributed by atoms with Crippen molar-refractivity contribution < 1.29 is 4.74 Å². The topological polar surface area (TPSA) is 99.9 Å². The van der Waals surface area contributed by atoms with Crippen LogP contribution >= 0.6 is 0 Å². The SMILES string of the molecule is NCCC(N)COc1ncncn1. The number of hydrogen-bond donors (Lipinski definition) is 2. The van der Waals surface area contributed by atoms with Crippen LogP contribution < -0.4 is 16.2 Å². The minimum Gasteiger partial charge on any atom is -0.462 e. The lowest BCUT2D eigenvalue weighted by Crippen LogP contribution is -2.30. The third-order valence-electron chi connectivity index (χ3n) is 1.43. The van der Waals surface area contributed by atoms with Gasteiger partial charge in [0.05, 0.1) is 0 Å². The van der Waals surface area contributed by atoms with E-state index in [1.165, 1.54) is 12.7 Å². The quantitative estimate of drug-likeness (QED) is 0.602. The highest BCUT2D eigenvalue weighted by Gasteiger charge is 2.02. The van der Waals surface area contributed by atoms with Gasteiger partial charge in [-0.15, -0.1) is 0 Å². The summed E-state index contributed by atoms with van der Waals surface area (Å²) in [5, 5.41) is 0. The first-order valence-corrected chi connectivity index (χ1v) is 4.03. The van der Waals surface area contributed by atoms with E-state index in [1.807, 2.05) is 0 Å². The van der Waals surface area contributed by atoms with Crippen LogP contribution in [0.3, 0.4) is 0 Å². The van der Waals surface area contributed by atoms with Gasteiger partial charge in [-0.3, -0.25) is 0 Å². The Morgan fingerprint density at radius 3 is 2.69 bits per heavy atom. The summed E-state index contributed by atoms with van der Waals surface area (Å²) in [5.41, 5.74) is 11.0. The van der Waals surface area contributed by atoms with Gasteiger partial charge in [-0.25, -0.2) is 4.98 Å². The Bertz CT molecular complexity index is 230. The van der Waals surface area contributed by atoms with Crippen LogP contribution in [-0.2, 0) is 0 Å². The fourth-order valence-electron chi connectivity index (χ4n) is 0.782. The monoisotopic (exact) mass is 183 g/mol. The molecule has 6 heteroatoms. The Hall–Kier alpha value is -1.27.